The summed E-state index contributed by atoms with van der Waals surface area (Å²) in [7, 11) is 0. The molecule has 0 aliphatic carbocycles. The summed E-state index contributed by atoms with van der Waals surface area (Å²) in [5, 5.41) is 10.2. The van der Waals surface area contributed by atoms with Gasteiger partial charge in [0.05, 0.1) is 23.1 Å². The highest BCUT2D eigenvalue weighted by Crippen LogP contribution is 2.35. The molecule has 9 heteroatoms. The summed E-state index contributed by atoms with van der Waals surface area (Å²) >= 11 is 5.48. The molecular weight excluding hydrogens is 349 g/mol. The van der Waals surface area contributed by atoms with Crippen LogP contribution in [0.3, 0.4) is 0 Å². The fraction of sp³-hybridized carbons (Fsp3) is 0.267. The number of amides is 1. The van der Waals surface area contributed by atoms with E-state index in [9.17, 15) is 22.8 Å². The van der Waals surface area contributed by atoms with Crippen molar-refractivity contribution >= 4 is 29.6 Å². The van der Waals surface area contributed by atoms with Gasteiger partial charge in [-0.3, -0.25) is 4.79 Å². The third-order valence-electron chi connectivity index (χ3n) is 2.61. The minimum atomic E-state index is -4.61. The molecule has 0 radical (unpaired) electrons. The van der Waals surface area contributed by atoms with E-state index in [0.29, 0.717) is 0 Å². The maximum atomic E-state index is 12.7. The highest BCUT2D eigenvalue weighted by Gasteiger charge is 2.33. The second-order valence-electron chi connectivity index (χ2n) is 4.44. The van der Waals surface area contributed by atoms with E-state index in [0.717, 1.165) is 24.3 Å². The molecule has 5 nitrogen and oxygen atoms in total. The summed E-state index contributed by atoms with van der Waals surface area (Å²) in [6.45, 7) is -0.420. The van der Waals surface area contributed by atoms with E-state index in [4.69, 9.17) is 16.9 Å². The second kappa shape index (κ2) is 8.93. The number of nitriles is 1. The van der Waals surface area contributed by atoms with Gasteiger partial charge in [0.15, 0.2) is 6.61 Å². The van der Waals surface area contributed by atoms with E-state index in [1.807, 2.05) is 6.07 Å². The van der Waals surface area contributed by atoms with Crippen LogP contribution in [0.25, 0.3) is 6.08 Å². The molecule has 1 aromatic carbocycles. The predicted molar refractivity (Wildman–Crippen MR) is 79.7 cm³/mol. The lowest BCUT2D eigenvalue weighted by Gasteiger charge is -2.09. The number of rotatable bonds is 6. The number of carbonyl (C=O) groups is 2. The van der Waals surface area contributed by atoms with Crippen molar-refractivity contribution in [2.45, 2.75) is 12.6 Å². The van der Waals surface area contributed by atoms with E-state index in [1.165, 1.54) is 6.07 Å². The van der Waals surface area contributed by atoms with E-state index >= 15 is 0 Å². The maximum absolute atomic E-state index is 12.7. The molecule has 0 heterocycles. The van der Waals surface area contributed by atoms with Crippen molar-refractivity contribution in [2.24, 2.45) is 0 Å². The summed E-state index contributed by atoms with van der Waals surface area (Å²) in [6, 6.07) is 4.98. The quantitative estimate of drug-likeness (QED) is 0.480. The summed E-state index contributed by atoms with van der Waals surface area (Å²) in [5.41, 5.74) is -0.918. The largest absolute Gasteiger partial charge is 0.452 e. The van der Waals surface area contributed by atoms with Crippen molar-refractivity contribution < 1.29 is 27.5 Å². The number of hydrogen-bond acceptors (Lipinski definition) is 4. The molecule has 0 unspecified atom stereocenters. The van der Waals surface area contributed by atoms with Gasteiger partial charge in [-0.1, -0.05) is 17.7 Å². The Hall–Kier alpha value is -2.53. The smallest absolute Gasteiger partial charge is 0.417 e. The third-order valence-corrected chi connectivity index (χ3v) is 2.94. The molecule has 0 bridgehead atoms. The van der Waals surface area contributed by atoms with Crippen molar-refractivity contribution in [3.63, 3.8) is 0 Å². The molecule has 1 aromatic rings. The molecule has 0 saturated carbocycles. The van der Waals surface area contributed by atoms with Gasteiger partial charge in [0, 0.05) is 12.6 Å². The number of alkyl halides is 3. The Morgan fingerprint density at radius 1 is 1.38 bits per heavy atom. The zero-order valence-electron chi connectivity index (χ0n) is 12.2. The molecule has 128 valence electrons. The lowest BCUT2D eigenvalue weighted by molar-refractivity contribution is -0.143. The Labute approximate surface area is 140 Å². The normalized spacial score (nSPS) is 11.1. The molecule has 1 N–H and O–H groups in total. The first-order valence-corrected chi connectivity index (χ1v) is 6.97. The van der Waals surface area contributed by atoms with Gasteiger partial charge in [-0.05, 0) is 23.8 Å². The number of nitrogens with zero attached hydrogens (tertiary/aromatic N) is 1. The molecule has 0 aromatic heterocycles. The molecule has 0 fully saturated rings. The Morgan fingerprint density at radius 2 is 2.08 bits per heavy atom. The zero-order chi connectivity index (χ0) is 18.2. The van der Waals surface area contributed by atoms with Crippen molar-refractivity contribution in [1.29, 1.82) is 5.26 Å². The lowest BCUT2D eigenvalue weighted by atomic mass is 10.1. The number of esters is 1. The van der Waals surface area contributed by atoms with Crippen LogP contribution < -0.4 is 5.32 Å². The Bertz CT molecular complexity index is 682. The van der Waals surface area contributed by atoms with Crippen molar-refractivity contribution in [1.82, 2.24) is 5.32 Å². The van der Waals surface area contributed by atoms with Crippen LogP contribution in [0.2, 0.25) is 5.02 Å². The van der Waals surface area contributed by atoms with Gasteiger partial charge in [0.25, 0.3) is 5.91 Å². The second-order valence-corrected chi connectivity index (χ2v) is 4.84. The van der Waals surface area contributed by atoms with Crippen molar-refractivity contribution in [3.05, 3.63) is 40.4 Å². The molecule has 24 heavy (non-hydrogen) atoms. The molecule has 0 spiro atoms. The minimum Gasteiger partial charge on any atom is -0.452 e. The first-order valence-electron chi connectivity index (χ1n) is 6.59. The maximum Gasteiger partial charge on any atom is 0.417 e. The minimum absolute atomic E-state index is 0.0992. The van der Waals surface area contributed by atoms with Crippen LogP contribution >= 0.6 is 11.6 Å². The Morgan fingerprint density at radius 3 is 2.71 bits per heavy atom. The molecule has 0 saturated heterocycles. The summed E-state index contributed by atoms with van der Waals surface area (Å²) < 4.78 is 42.7. The monoisotopic (exact) mass is 360 g/mol. The molecule has 0 aliphatic rings. The number of benzene rings is 1. The SMILES string of the molecule is N#CCCNC(=O)COC(=O)/C=C/c1ccc(Cl)c(C(F)(F)F)c1. The highest BCUT2D eigenvalue weighted by molar-refractivity contribution is 6.31. The van der Waals surface area contributed by atoms with E-state index in [1.54, 1.807) is 0 Å². The van der Waals surface area contributed by atoms with Crippen LogP contribution in [0.5, 0.6) is 0 Å². The number of nitrogens with one attached hydrogen (secondary N) is 1. The first-order chi connectivity index (χ1) is 11.2. The van der Waals surface area contributed by atoms with Crippen LogP contribution in [-0.2, 0) is 20.5 Å². The van der Waals surface area contributed by atoms with Crippen molar-refractivity contribution in [2.75, 3.05) is 13.2 Å². The summed E-state index contributed by atoms with van der Waals surface area (Å²) in [6.07, 6.45) is -2.48. The Balaban J connectivity index is 2.59. The number of carbonyl (C=O) groups excluding carboxylic acids is 2. The van der Waals surface area contributed by atoms with Gasteiger partial charge >= 0.3 is 12.1 Å². The highest BCUT2D eigenvalue weighted by atomic mass is 35.5. The number of halogens is 4. The fourth-order valence-corrected chi connectivity index (χ4v) is 1.75. The fourth-order valence-electron chi connectivity index (χ4n) is 1.52. The molecule has 0 aliphatic heterocycles. The van der Waals surface area contributed by atoms with Gasteiger partial charge < -0.3 is 10.1 Å². The number of ether oxygens (including phenoxy) is 1. The zero-order valence-corrected chi connectivity index (χ0v) is 12.9. The standard InChI is InChI=1S/C15H12ClF3N2O3/c16-12-4-2-10(8-11(12)15(17,18)19)3-5-14(23)24-9-13(22)21-7-1-6-20/h2-5,8H,1,7,9H2,(H,21,22)/b5-3+. The molecular formula is C15H12ClF3N2O3. The average Bonchev–Trinajstić information content (AvgIpc) is 2.51. The van der Waals surface area contributed by atoms with Gasteiger partial charge in [-0.2, -0.15) is 18.4 Å². The van der Waals surface area contributed by atoms with Gasteiger partial charge in [0.2, 0.25) is 0 Å². The average molecular weight is 361 g/mol. The van der Waals surface area contributed by atoms with Gasteiger partial charge in [-0.25, -0.2) is 4.79 Å². The van der Waals surface area contributed by atoms with Crippen LogP contribution in [-0.4, -0.2) is 25.0 Å². The molecule has 0 atom stereocenters. The lowest BCUT2D eigenvalue weighted by Crippen LogP contribution is -2.29. The van der Waals surface area contributed by atoms with Gasteiger partial charge in [0.1, 0.15) is 0 Å². The summed E-state index contributed by atoms with van der Waals surface area (Å²) in [5.74, 6) is -1.48. The predicted octanol–water partition coefficient (Wildman–Crippen LogP) is 2.95. The van der Waals surface area contributed by atoms with E-state index < -0.39 is 35.2 Å². The number of hydrogen-bond donors (Lipinski definition) is 1. The van der Waals surface area contributed by atoms with Crippen LogP contribution in [0.1, 0.15) is 17.5 Å². The van der Waals surface area contributed by atoms with E-state index in [2.05, 4.69) is 10.1 Å². The first kappa shape index (κ1) is 19.5. The summed E-state index contributed by atoms with van der Waals surface area (Å²) in [4.78, 5) is 22.6. The van der Waals surface area contributed by atoms with E-state index in [-0.39, 0.29) is 18.5 Å². The van der Waals surface area contributed by atoms with Crippen molar-refractivity contribution in [3.8, 4) is 6.07 Å². The van der Waals surface area contributed by atoms with Gasteiger partial charge in [-0.15, -0.1) is 0 Å². The topological polar surface area (TPSA) is 79.2 Å². The van der Waals surface area contributed by atoms with Crippen LogP contribution in [0, 0.1) is 11.3 Å². The molecule has 1 amide bonds. The van der Waals surface area contributed by atoms with Crippen LogP contribution in [0.15, 0.2) is 24.3 Å². The van der Waals surface area contributed by atoms with Crippen LogP contribution in [0.4, 0.5) is 13.2 Å². The third kappa shape index (κ3) is 6.71. The Kier molecular flexibility index (Phi) is 7.27. The molecule has 1 rings (SSSR count).